The summed E-state index contributed by atoms with van der Waals surface area (Å²) in [7, 11) is 0. The minimum Gasteiger partial charge on any atom is -0.490 e. The van der Waals surface area contributed by atoms with Crippen molar-refractivity contribution in [1.29, 1.82) is 0 Å². The van der Waals surface area contributed by atoms with Crippen molar-refractivity contribution < 1.29 is 14.3 Å². The van der Waals surface area contributed by atoms with E-state index in [0.717, 1.165) is 4.47 Å². The third-order valence-corrected chi connectivity index (χ3v) is 4.87. The van der Waals surface area contributed by atoms with Crippen LogP contribution in [-0.4, -0.2) is 28.5 Å². The highest BCUT2D eigenvalue weighted by atomic mass is 79.9. The third-order valence-electron chi connectivity index (χ3n) is 4.09. The van der Waals surface area contributed by atoms with Gasteiger partial charge in [0.1, 0.15) is 5.82 Å². The zero-order chi connectivity index (χ0) is 21.8. The maximum absolute atomic E-state index is 13.0. The fourth-order valence-corrected chi connectivity index (χ4v) is 3.45. The van der Waals surface area contributed by atoms with E-state index in [1.54, 1.807) is 31.2 Å². The van der Waals surface area contributed by atoms with Gasteiger partial charge in [0.05, 0.1) is 28.7 Å². The second-order valence-corrected chi connectivity index (χ2v) is 7.58. The van der Waals surface area contributed by atoms with Crippen LogP contribution in [0.2, 0.25) is 5.02 Å². The van der Waals surface area contributed by atoms with Gasteiger partial charge in [-0.2, -0.15) is 9.78 Å². The molecule has 0 bridgehead atoms. The Morgan fingerprint density at radius 3 is 2.73 bits per heavy atom. The second kappa shape index (κ2) is 9.40. The fourth-order valence-electron chi connectivity index (χ4n) is 2.84. The molecule has 0 aliphatic rings. The molecular weight excluding hydrogens is 474 g/mol. The number of fused-ring (bicyclic) bond motifs is 1. The Bertz CT molecular complexity index is 1210. The average molecular weight is 493 g/mol. The number of aryl methyl sites for hydroxylation is 1. The van der Waals surface area contributed by atoms with Crippen LogP contribution >= 0.6 is 27.5 Å². The maximum atomic E-state index is 13.0. The van der Waals surface area contributed by atoms with E-state index in [1.807, 2.05) is 13.0 Å². The Morgan fingerprint density at radius 2 is 2.07 bits per heavy atom. The number of nitrogens with zero attached hydrogens (tertiary/aromatic N) is 3. The van der Waals surface area contributed by atoms with E-state index in [-0.39, 0.29) is 16.3 Å². The van der Waals surface area contributed by atoms with Crippen molar-refractivity contribution in [2.24, 2.45) is 5.10 Å². The standard InChI is InChI=1S/C21H19BrClN3O4/c1-4-19-25-17-7-6-14(22)10-15(17)21(28)26(19)24-11-13-8-16(23)20(30-12(3)27)18(9-13)29-5-2/h6-11H,4-5H2,1-3H3. The van der Waals surface area contributed by atoms with Gasteiger partial charge in [-0.25, -0.2) is 4.98 Å². The van der Waals surface area contributed by atoms with Gasteiger partial charge in [-0.1, -0.05) is 34.5 Å². The van der Waals surface area contributed by atoms with Gasteiger partial charge in [-0.05, 0) is 42.8 Å². The van der Waals surface area contributed by atoms with Crippen molar-refractivity contribution in [1.82, 2.24) is 9.66 Å². The highest BCUT2D eigenvalue weighted by Gasteiger charge is 2.15. The van der Waals surface area contributed by atoms with Gasteiger partial charge >= 0.3 is 5.97 Å². The first-order valence-electron chi connectivity index (χ1n) is 9.24. The van der Waals surface area contributed by atoms with Gasteiger partial charge in [0, 0.05) is 17.8 Å². The lowest BCUT2D eigenvalue weighted by Gasteiger charge is -2.12. The molecule has 2 aromatic carbocycles. The predicted octanol–water partition coefficient (Wildman–Crippen LogP) is 4.58. The first-order valence-corrected chi connectivity index (χ1v) is 10.4. The summed E-state index contributed by atoms with van der Waals surface area (Å²) in [5, 5.41) is 4.99. The molecule has 1 heterocycles. The number of esters is 1. The summed E-state index contributed by atoms with van der Waals surface area (Å²) in [5.74, 6) is 0.475. The highest BCUT2D eigenvalue weighted by molar-refractivity contribution is 9.10. The number of rotatable bonds is 6. The molecule has 3 aromatic rings. The summed E-state index contributed by atoms with van der Waals surface area (Å²) in [6.07, 6.45) is 2.01. The van der Waals surface area contributed by atoms with Gasteiger partial charge in [0.2, 0.25) is 0 Å². The second-order valence-electron chi connectivity index (χ2n) is 6.26. The van der Waals surface area contributed by atoms with Crippen molar-refractivity contribution in [3.8, 4) is 11.5 Å². The minimum absolute atomic E-state index is 0.145. The Balaban J connectivity index is 2.09. The van der Waals surface area contributed by atoms with Crippen LogP contribution in [0.5, 0.6) is 11.5 Å². The topological polar surface area (TPSA) is 82.8 Å². The van der Waals surface area contributed by atoms with E-state index >= 15 is 0 Å². The van der Waals surface area contributed by atoms with Gasteiger partial charge in [0.25, 0.3) is 5.56 Å². The number of ether oxygens (including phenoxy) is 2. The molecule has 0 aliphatic carbocycles. The molecule has 0 radical (unpaired) electrons. The lowest BCUT2D eigenvalue weighted by Crippen LogP contribution is -2.22. The Hall–Kier alpha value is -2.71. The number of hydrogen-bond donors (Lipinski definition) is 0. The van der Waals surface area contributed by atoms with Crippen molar-refractivity contribution in [2.75, 3.05) is 6.61 Å². The fraction of sp³-hybridized carbons (Fsp3) is 0.238. The lowest BCUT2D eigenvalue weighted by molar-refractivity contribution is -0.132. The monoisotopic (exact) mass is 491 g/mol. The summed E-state index contributed by atoms with van der Waals surface area (Å²) >= 11 is 9.65. The predicted molar refractivity (Wildman–Crippen MR) is 120 cm³/mol. The molecule has 0 unspecified atom stereocenters. The first kappa shape index (κ1) is 22.0. The third kappa shape index (κ3) is 4.71. The molecule has 3 rings (SSSR count). The number of carbonyl (C=O) groups excluding carboxylic acids is 1. The quantitative estimate of drug-likeness (QED) is 0.286. The van der Waals surface area contributed by atoms with E-state index in [2.05, 4.69) is 26.0 Å². The molecule has 0 aliphatic heterocycles. The molecule has 0 saturated heterocycles. The van der Waals surface area contributed by atoms with Crippen molar-refractivity contribution in [3.05, 3.63) is 61.6 Å². The number of hydrogen-bond acceptors (Lipinski definition) is 6. The number of carbonyl (C=O) groups is 1. The molecule has 0 spiro atoms. The summed E-state index contributed by atoms with van der Waals surface area (Å²) in [4.78, 5) is 28.9. The van der Waals surface area contributed by atoms with Crippen LogP contribution < -0.4 is 15.0 Å². The lowest BCUT2D eigenvalue weighted by atomic mass is 10.2. The van der Waals surface area contributed by atoms with Crippen LogP contribution in [0.4, 0.5) is 0 Å². The van der Waals surface area contributed by atoms with Gasteiger partial charge < -0.3 is 9.47 Å². The normalized spacial score (nSPS) is 11.2. The summed E-state index contributed by atoms with van der Waals surface area (Å²) in [6, 6.07) is 8.56. The molecule has 0 amide bonds. The Kier molecular flexibility index (Phi) is 6.89. The van der Waals surface area contributed by atoms with Crippen LogP contribution in [0.1, 0.15) is 32.2 Å². The van der Waals surface area contributed by atoms with E-state index in [4.69, 9.17) is 21.1 Å². The minimum atomic E-state index is -0.508. The Labute approximate surface area is 186 Å². The van der Waals surface area contributed by atoms with Crippen molar-refractivity contribution in [3.63, 3.8) is 0 Å². The largest absolute Gasteiger partial charge is 0.490 e. The van der Waals surface area contributed by atoms with E-state index < -0.39 is 5.97 Å². The zero-order valence-electron chi connectivity index (χ0n) is 16.6. The van der Waals surface area contributed by atoms with Crippen LogP contribution in [0.15, 0.2) is 44.7 Å². The molecule has 7 nitrogen and oxygen atoms in total. The molecular formula is C21H19BrClN3O4. The van der Waals surface area contributed by atoms with Crippen LogP contribution in [0.25, 0.3) is 10.9 Å². The molecule has 156 valence electrons. The molecule has 0 atom stereocenters. The molecule has 9 heteroatoms. The molecule has 0 saturated carbocycles. The maximum Gasteiger partial charge on any atom is 0.308 e. The molecule has 1 aromatic heterocycles. The van der Waals surface area contributed by atoms with E-state index in [1.165, 1.54) is 17.8 Å². The summed E-state index contributed by atoms with van der Waals surface area (Å²) in [6.45, 7) is 5.34. The molecule has 0 N–H and O–H groups in total. The van der Waals surface area contributed by atoms with Gasteiger partial charge in [0.15, 0.2) is 11.5 Å². The van der Waals surface area contributed by atoms with E-state index in [9.17, 15) is 9.59 Å². The van der Waals surface area contributed by atoms with Gasteiger partial charge in [-0.3, -0.25) is 9.59 Å². The van der Waals surface area contributed by atoms with Crippen molar-refractivity contribution in [2.45, 2.75) is 27.2 Å². The van der Waals surface area contributed by atoms with Crippen LogP contribution in [0.3, 0.4) is 0 Å². The number of aromatic nitrogens is 2. The SMILES string of the molecule is CCOc1cc(C=Nn2c(CC)nc3ccc(Br)cc3c2=O)cc(Cl)c1OC(C)=O. The van der Waals surface area contributed by atoms with Crippen LogP contribution in [0, 0.1) is 0 Å². The average Bonchev–Trinajstić information content (AvgIpc) is 2.70. The van der Waals surface area contributed by atoms with E-state index in [0.29, 0.717) is 41.1 Å². The zero-order valence-corrected chi connectivity index (χ0v) is 19.0. The highest BCUT2D eigenvalue weighted by Crippen LogP contribution is 2.36. The number of benzene rings is 2. The molecule has 0 fully saturated rings. The van der Waals surface area contributed by atoms with Crippen molar-refractivity contribution >= 4 is 50.6 Å². The van der Waals surface area contributed by atoms with Crippen LogP contribution in [-0.2, 0) is 11.2 Å². The number of halogens is 2. The smallest absolute Gasteiger partial charge is 0.308 e. The van der Waals surface area contributed by atoms with Gasteiger partial charge in [-0.15, -0.1) is 0 Å². The summed E-state index contributed by atoms with van der Waals surface area (Å²) in [5.41, 5.74) is 0.906. The summed E-state index contributed by atoms with van der Waals surface area (Å²) < 4.78 is 12.7. The first-order chi connectivity index (χ1) is 14.3. The molecule has 30 heavy (non-hydrogen) atoms. The Morgan fingerprint density at radius 1 is 1.30 bits per heavy atom.